The predicted molar refractivity (Wildman–Crippen MR) is 35.4 cm³/mol. The molecule has 0 spiro atoms. The average molecular weight is 140 g/mol. The van der Waals surface area contributed by atoms with Gasteiger partial charge in [-0.25, -0.2) is 0 Å². The first-order valence-electron chi connectivity index (χ1n) is 2.83. The van der Waals surface area contributed by atoms with Crippen LogP contribution in [-0.4, -0.2) is 16.1 Å². The van der Waals surface area contributed by atoms with Crippen LogP contribution in [0.3, 0.4) is 0 Å². The van der Waals surface area contributed by atoms with E-state index in [1.807, 2.05) is 0 Å². The van der Waals surface area contributed by atoms with Gasteiger partial charge in [-0.2, -0.15) is 0 Å². The normalized spacial score (nSPS) is 12.9. The molecule has 0 aliphatic heterocycles. The Labute approximate surface area is 57.7 Å². The van der Waals surface area contributed by atoms with Crippen LogP contribution >= 0.6 is 0 Å². The molecule has 0 bridgehead atoms. The average Bonchev–Trinajstić information content (AvgIpc) is 2.36. The van der Waals surface area contributed by atoms with Crippen molar-refractivity contribution in [3.05, 3.63) is 24.0 Å². The van der Waals surface area contributed by atoms with Crippen LogP contribution in [0.25, 0.3) is 0 Å². The maximum absolute atomic E-state index is 10.3. The van der Waals surface area contributed by atoms with E-state index in [0.717, 1.165) is 0 Å². The van der Waals surface area contributed by atoms with Crippen molar-refractivity contribution in [2.45, 2.75) is 6.04 Å². The maximum Gasteiger partial charge on any atom is 0.325 e. The summed E-state index contributed by atoms with van der Waals surface area (Å²) in [4.78, 5) is 13.0. The van der Waals surface area contributed by atoms with Crippen LogP contribution in [-0.2, 0) is 4.79 Å². The van der Waals surface area contributed by atoms with Gasteiger partial charge in [-0.15, -0.1) is 0 Å². The summed E-state index contributed by atoms with van der Waals surface area (Å²) in [5.74, 6) is -1.01. The molecule has 4 N–H and O–H groups in total. The van der Waals surface area contributed by atoms with Gasteiger partial charge in [0.25, 0.3) is 0 Å². The summed E-state index contributed by atoms with van der Waals surface area (Å²) in [6.45, 7) is 0. The fraction of sp³-hybridized carbons (Fsp3) is 0.167. The molecule has 0 unspecified atom stereocenters. The van der Waals surface area contributed by atoms with E-state index in [1.54, 1.807) is 18.5 Å². The van der Waals surface area contributed by atoms with E-state index in [4.69, 9.17) is 10.8 Å². The molecule has 0 saturated heterocycles. The molecule has 1 aromatic heterocycles. The lowest BCUT2D eigenvalue weighted by molar-refractivity contribution is -0.138. The third-order valence-corrected chi connectivity index (χ3v) is 1.25. The molecule has 4 nitrogen and oxygen atoms in total. The molecule has 1 rings (SSSR count). The smallest absolute Gasteiger partial charge is 0.325 e. The first-order valence-corrected chi connectivity index (χ1v) is 2.83. The van der Waals surface area contributed by atoms with Crippen LogP contribution < -0.4 is 5.73 Å². The van der Waals surface area contributed by atoms with Crippen LogP contribution in [0.5, 0.6) is 0 Å². The second kappa shape index (κ2) is 2.53. The van der Waals surface area contributed by atoms with E-state index in [9.17, 15) is 4.79 Å². The SMILES string of the molecule is N[C@H](C(=O)O)c1cc[nH]c1. The van der Waals surface area contributed by atoms with Gasteiger partial charge in [0.1, 0.15) is 6.04 Å². The highest BCUT2D eigenvalue weighted by molar-refractivity contribution is 5.74. The molecule has 54 valence electrons. The fourth-order valence-corrected chi connectivity index (χ4v) is 0.673. The van der Waals surface area contributed by atoms with Crippen molar-refractivity contribution in [3.8, 4) is 0 Å². The minimum Gasteiger partial charge on any atom is -0.480 e. The standard InChI is InChI=1S/C6H8N2O2/c7-5(6(9)10)4-1-2-8-3-4/h1-3,5,8H,7H2,(H,9,10)/t5-/m0/s1. The van der Waals surface area contributed by atoms with Crippen molar-refractivity contribution in [1.29, 1.82) is 0 Å². The first-order chi connectivity index (χ1) is 4.72. The third kappa shape index (κ3) is 1.16. The zero-order valence-corrected chi connectivity index (χ0v) is 5.24. The third-order valence-electron chi connectivity index (χ3n) is 1.25. The molecular formula is C6H8N2O2. The minimum atomic E-state index is -1.01. The van der Waals surface area contributed by atoms with E-state index < -0.39 is 12.0 Å². The zero-order chi connectivity index (χ0) is 7.56. The Morgan fingerprint density at radius 3 is 2.90 bits per heavy atom. The van der Waals surface area contributed by atoms with Gasteiger partial charge in [0.15, 0.2) is 0 Å². The van der Waals surface area contributed by atoms with Gasteiger partial charge < -0.3 is 15.8 Å². The van der Waals surface area contributed by atoms with E-state index >= 15 is 0 Å². The van der Waals surface area contributed by atoms with E-state index in [1.165, 1.54) is 0 Å². The highest BCUT2D eigenvalue weighted by atomic mass is 16.4. The monoisotopic (exact) mass is 140 g/mol. The molecule has 0 fully saturated rings. The van der Waals surface area contributed by atoms with Crippen molar-refractivity contribution in [1.82, 2.24) is 4.98 Å². The number of rotatable bonds is 2. The van der Waals surface area contributed by atoms with Gasteiger partial charge in [-0.1, -0.05) is 0 Å². The highest BCUT2D eigenvalue weighted by Crippen LogP contribution is 2.07. The molecule has 1 aromatic rings. The Bertz CT molecular complexity index is 218. The Hall–Kier alpha value is -1.29. The first kappa shape index (κ1) is 6.82. The molecule has 4 heteroatoms. The van der Waals surface area contributed by atoms with Crippen molar-refractivity contribution in [2.24, 2.45) is 5.73 Å². The summed E-state index contributed by atoms with van der Waals surface area (Å²) < 4.78 is 0. The maximum atomic E-state index is 10.3. The van der Waals surface area contributed by atoms with Crippen molar-refractivity contribution < 1.29 is 9.90 Å². The predicted octanol–water partition coefficient (Wildman–Crippen LogP) is 0.0991. The summed E-state index contributed by atoms with van der Waals surface area (Å²) >= 11 is 0. The fourth-order valence-electron chi connectivity index (χ4n) is 0.673. The molecule has 1 atom stereocenters. The Kier molecular flexibility index (Phi) is 1.73. The molecule has 1 heterocycles. The Balaban J connectivity index is 2.77. The van der Waals surface area contributed by atoms with Crippen LogP contribution in [0.4, 0.5) is 0 Å². The number of aromatic amines is 1. The molecule has 0 saturated carbocycles. The number of hydrogen-bond acceptors (Lipinski definition) is 2. The quantitative estimate of drug-likeness (QED) is 0.545. The van der Waals surface area contributed by atoms with Gasteiger partial charge in [0, 0.05) is 12.4 Å². The number of aliphatic carboxylic acids is 1. The van der Waals surface area contributed by atoms with Crippen molar-refractivity contribution >= 4 is 5.97 Å². The number of aromatic nitrogens is 1. The second-order valence-corrected chi connectivity index (χ2v) is 1.96. The van der Waals surface area contributed by atoms with Crippen LogP contribution in [0, 0.1) is 0 Å². The number of hydrogen-bond donors (Lipinski definition) is 3. The number of nitrogens with one attached hydrogen (secondary N) is 1. The van der Waals surface area contributed by atoms with Gasteiger partial charge in [0.2, 0.25) is 0 Å². The topological polar surface area (TPSA) is 79.1 Å². The molecule has 0 radical (unpaired) electrons. The molecule has 0 aliphatic rings. The number of carboxylic acid groups (broad SMARTS) is 1. The lowest BCUT2D eigenvalue weighted by Crippen LogP contribution is -2.19. The van der Waals surface area contributed by atoms with E-state index in [0.29, 0.717) is 5.56 Å². The lowest BCUT2D eigenvalue weighted by atomic mass is 10.2. The number of nitrogens with two attached hydrogens (primary N) is 1. The number of carbonyl (C=O) groups is 1. The van der Waals surface area contributed by atoms with Gasteiger partial charge in [-0.05, 0) is 11.6 Å². The van der Waals surface area contributed by atoms with Gasteiger partial charge in [0.05, 0.1) is 0 Å². The zero-order valence-electron chi connectivity index (χ0n) is 5.24. The van der Waals surface area contributed by atoms with Crippen LogP contribution in [0.1, 0.15) is 11.6 Å². The molecular weight excluding hydrogens is 132 g/mol. The summed E-state index contributed by atoms with van der Waals surface area (Å²) in [7, 11) is 0. The number of H-pyrrole nitrogens is 1. The molecule has 0 amide bonds. The molecule has 10 heavy (non-hydrogen) atoms. The van der Waals surface area contributed by atoms with Gasteiger partial charge in [-0.3, -0.25) is 4.79 Å². The van der Waals surface area contributed by atoms with Crippen LogP contribution in [0.2, 0.25) is 0 Å². The lowest BCUT2D eigenvalue weighted by Gasteiger charge is -2.00. The molecule has 0 aromatic carbocycles. The van der Waals surface area contributed by atoms with Crippen LogP contribution in [0.15, 0.2) is 18.5 Å². The summed E-state index contributed by atoms with van der Waals surface area (Å²) in [6, 6.07) is 0.727. The van der Waals surface area contributed by atoms with Gasteiger partial charge >= 0.3 is 5.97 Å². The van der Waals surface area contributed by atoms with E-state index in [2.05, 4.69) is 4.98 Å². The van der Waals surface area contributed by atoms with Crippen molar-refractivity contribution in [2.75, 3.05) is 0 Å². The largest absolute Gasteiger partial charge is 0.480 e. The number of carboxylic acids is 1. The highest BCUT2D eigenvalue weighted by Gasteiger charge is 2.13. The summed E-state index contributed by atoms with van der Waals surface area (Å²) in [6.07, 6.45) is 3.21. The van der Waals surface area contributed by atoms with Crippen molar-refractivity contribution in [3.63, 3.8) is 0 Å². The molecule has 0 aliphatic carbocycles. The minimum absolute atomic E-state index is 0.590. The summed E-state index contributed by atoms with van der Waals surface area (Å²) in [5.41, 5.74) is 5.85. The Morgan fingerprint density at radius 1 is 1.80 bits per heavy atom. The van der Waals surface area contributed by atoms with E-state index in [-0.39, 0.29) is 0 Å². The second-order valence-electron chi connectivity index (χ2n) is 1.96. The summed E-state index contributed by atoms with van der Waals surface area (Å²) in [5, 5.41) is 8.41. The Morgan fingerprint density at radius 2 is 2.50 bits per heavy atom.